The van der Waals surface area contributed by atoms with Crippen molar-refractivity contribution in [2.45, 2.75) is 39.2 Å². The van der Waals surface area contributed by atoms with Crippen molar-refractivity contribution in [1.82, 2.24) is 24.7 Å². The molecule has 4 rings (SSSR count). The minimum atomic E-state index is -3.15. The molecule has 2 aliphatic rings. The van der Waals surface area contributed by atoms with E-state index in [2.05, 4.69) is 29.4 Å². The number of aliphatic hydroxyl groups is 1. The summed E-state index contributed by atoms with van der Waals surface area (Å²) in [7, 11) is -3.15. The number of amides is 2. The lowest BCUT2D eigenvalue weighted by molar-refractivity contribution is -0.0143. The van der Waals surface area contributed by atoms with Gasteiger partial charge in [-0.3, -0.25) is 5.10 Å². The summed E-state index contributed by atoms with van der Waals surface area (Å²) in [6.45, 7) is 6.42. The number of carbonyl (C=O) groups excluding carboxylic acids is 1. The topological polar surface area (TPSA) is 119 Å². The molecule has 0 unspecified atom stereocenters. The van der Waals surface area contributed by atoms with E-state index in [1.165, 1.54) is 4.31 Å². The molecule has 33 heavy (non-hydrogen) atoms. The molecule has 2 saturated heterocycles. The minimum Gasteiger partial charge on any atom is -0.388 e. The summed E-state index contributed by atoms with van der Waals surface area (Å²) in [6.07, 6.45) is 3.13. The third-order valence-corrected chi connectivity index (χ3v) is 9.39. The maximum atomic E-state index is 12.6. The number of carbonyl (C=O) groups is 1. The molecular formula is C22H32ClN5O4S. The molecule has 0 bridgehead atoms. The van der Waals surface area contributed by atoms with Crippen molar-refractivity contribution >= 4 is 38.6 Å². The van der Waals surface area contributed by atoms with Crippen molar-refractivity contribution in [2.75, 3.05) is 38.5 Å². The third-order valence-electron chi connectivity index (χ3n) is 7.22. The molecule has 0 aliphatic carbocycles. The number of H-pyrrole nitrogens is 1. The molecule has 3 heterocycles. The zero-order valence-electron chi connectivity index (χ0n) is 19.1. The number of aromatic nitrogens is 2. The first-order valence-electron chi connectivity index (χ1n) is 11.4. The lowest BCUT2D eigenvalue weighted by Gasteiger charge is -2.43. The highest BCUT2D eigenvalue weighted by molar-refractivity contribution is 7.89. The van der Waals surface area contributed by atoms with Crippen LogP contribution in [0.25, 0.3) is 10.9 Å². The Kier molecular flexibility index (Phi) is 6.91. The molecule has 3 N–H and O–H groups in total. The molecule has 0 saturated carbocycles. The second-order valence-corrected chi connectivity index (χ2v) is 12.1. The number of nitrogens with one attached hydrogen (secondary N) is 2. The molecule has 2 aliphatic heterocycles. The Balaban J connectivity index is 1.32. The molecule has 1 atom stereocenters. The van der Waals surface area contributed by atoms with Gasteiger partial charge in [-0.05, 0) is 42.7 Å². The van der Waals surface area contributed by atoms with Crippen LogP contribution in [0.5, 0.6) is 0 Å². The summed E-state index contributed by atoms with van der Waals surface area (Å²) < 4.78 is 25.2. The summed E-state index contributed by atoms with van der Waals surface area (Å²) in [5, 5.41) is 22.6. The lowest BCUT2D eigenvalue weighted by atomic mass is 9.68. The molecule has 182 valence electrons. The first-order valence-corrected chi connectivity index (χ1v) is 13.4. The van der Waals surface area contributed by atoms with Crippen molar-refractivity contribution in [3.05, 3.63) is 28.9 Å². The fraction of sp³-hybridized carbons (Fsp3) is 0.636. The van der Waals surface area contributed by atoms with Gasteiger partial charge in [-0.15, -0.1) is 0 Å². The summed E-state index contributed by atoms with van der Waals surface area (Å²) in [6, 6.07) is 3.44. The number of halogens is 1. The molecule has 0 spiro atoms. The first kappa shape index (κ1) is 24.3. The SMILES string of the molecule is CC(C)(C1CCN(C(=O)NCCN2CCCS2(=O)=O)CC1)[C@H](O)c1cc(Cl)cc2cn[nH]c12. The van der Waals surface area contributed by atoms with Crippen molar-refractivity contribution in [1.29, 1.82) is 0 Å². The zero-order valence-corrected chi connectivity index (χ0v) is 20.6. The second-order valence-electron chi connectivity index (χ2n) is 9.62. The van der Waals surface area contributed by atoms with Gasteiger partial charge in [0.2, 0.25) is 10.0 Å². The molecule has 0 radical (unpaired) electrons. The molecule has 11 heteroatoms. The van der Waals surface area contributed by atoms with Gasteiger partial charge in [-0.25, -0.2) is 17.5 Å². The number of fused-ring (bicyclic) bond motifs is 1. The van der Waals surface area contributed by atoms with Gasteiger partial charge in [0.1, 0.15) is 0 Å². The number of likely N-dealkylation sites (tertiary alicyclic amines) is 1. The predicted octanol–water partition coefficient (Wildman–Crippen LogP) is 2.73. The van der Waals surface area contributed by atoms with Crippen LogP contribution in [0.4, 0.5) is 4.79 Å². The van der Waals surface area contributed by atoms with Gasteiger partial charge in [0, 0.05) is 48.7 Å². The zero-order chi connectivity index (χ0) is 23.8. The number of urea groups is 1. The Bertz CT molecular complexity index is 1110. The highest BCUT2D eigenvalue weighted by atomic mass is 35.5. The number of aliphatic hydroxyl groups excluding tert-OH is 1. The third kappa shape index (κ3) is 4.99. The van der Waals surface area contributed by atoms with Crippen molar-refractivity contribution in [2.24, 2.45) is 11.3 Å². The maximum absolute atomic E-state index is 12.6. The van der Waals surface area contributed by atoms with E-state index in [0.717, 1.165) is 29.3 Å². The van der Waals surface area contributed by atoms with Gasteiger partial charge in [0.05, 0.1) is 23.6 Å². The van der Waals surface area contributed by atoms with Crippen molar-refractivity contribution in [3.8, 4) is 0 Å². The standard InChI is InChI=1S/C22H32ClN5O4S/c1-22(2,20(29)18-13-17(23)12-15-14-25-26-19(15)18)16-4-8-27(9-5-16)21(30)24-6-10-28-7-3-11-33(28,31)32/h12-14,16,20,29H,3-11H2,1-2H3,(H,24,30)(H,25,26)/t20-/m1/s1. The summed E-state index contributed by atoms with van der Waals surface area (Å²) >= 11 is 6.27. The highest BCUT2D eigenvalue weighted by Gasteiger charge is 2.40. The number of sulfonamides is 1. The molecule has 2 amide bonds. The fourth-order valence-corrected chi connectivity index (χ4v) is 6.82. The van der Waals surface area contributed by atoms with Crippen LogP contribution in [0.1, 0.15) is 44.8 Å². The average Bonchev–Trinajstić information content (AvgIpc) is 3.38. The number of aromatic amines is 1. The Labute approximate surface area is 199 Å². The van der Waals surface area contributed by atoms with Crippen LogP contribution in [-0.2, 0) is 10.0 Å². The Morgan fingerprint density at radius 2 is 2.06 bits per heavy atom. The van der Waals surface area contributed by atoms with E-state index in [9.17, 15) is 18.3 Å². The average molecular weight is 498 g/mol. The quantitative estimate of drug-likeness (QED) is 0.567. The van der Waals surface area contributed by atoms with Crippen LogP contribution in [-0.4, -0.2) is 77.4 Å². The monoisotopic (exact) mass is 497 g/mol. The van der Waals surface area contributed by atoms with Gasteiger partial charge < -0.3 is 15.3 Å². The Hall–Kier alpha value is -1.88. The van der Waals surface area contributed by atoms with Gasteiger partial charge in [0.25, 0.3) is 0 Å². The summed E-state index contributed by atoms with van der Waals surface area (Å²) in [4.78, 5) is 14.3. The van der Waals surface area contributed by atoms with Crippen LogP contribution >= 0.6 is 11.6 Å². The van der Waals surface area contributed by atoms with Gasteiger partial charge in [-0.2, -0.15) is 5.10 Å². The van der Waals surface area contributed by atoms with E-state index in [4.69, 9.17) is 11.6 Å². The molecule has 2 aromatic rings. The Morgan fingerprint density at radius 1 is 1.33 bits per heavy atom. The number of hydrogen-bond acceptors (Lipinski definition) is 5. The van der Waals surface area contributed by atoms with E-state index in [1.807, 2.05) is 6.07 Å². The number of hydrogen-bond donors (Lipinski definition) is 3. The fourth-order valence-electron chi connectivity index (χ4n) is 5.06. The normalized spacial score (nSPS) is 20.9. The van der Waals surface area contributed by atoms with Crippen LogP contribution in [0, 0.1) is 11.3 Å². The largest absolute Gasteiger partial charge is 0.388 e. The molecule has 1 aromatic heterocycles. The second kappa shape index (κ2) is 9.40. The van der Waals surface area contributed by atoms with Gasteiger partial charge in [-0.1, -0.05) is 25.4 Å². The van der Waals surface area contributed by atoms with Crippen LogP contribution in [0.2, 0.25) is 5.02 Å². The van der Waals surface area contributed by atoms with Crippen LogP contribution < -0.4 is 5.32 Å². The predicted molar refractivity (Wildman–Crippen MR) is 128 cm³/mol. The van der Waals surface area contributed by atoms with Crippen molar-refractivity contribution < 1.29 is 18.3 Å². The van der Waals surface area contributed by atoms with E-state index < -0.39 is 21.5 Å². The lowest BCUT2D eigenvalue weighted by Crippen LogP contribution is -2.48. The number of nitrogens with zero attached hydrogens (tertiary/aromatic N) is 3. The number of benzene rings is 1. The summed E-state index contributed by atoms with van der Waals surface area (Å²) in [5.74, 6) is 0.403. The van der Waals surface area contributed by atoms with Crippen LogP contribution in [0.3, 0.4) is 0 Å². The molecule has 2 fully saturated rings. The van der Waals surface area contributed by atoms with Gasteiger partial charge in [0.15, 0.2) is 0 Å². The van der Waals surface area contributed by atoms with Crippen molar-refractivity contribution in [3.63, 3.8) is 0 Å². The van der Waals surface area contributed by atoms with Gasteiger partial charge >= 0.3 is 6.03 Å². The van der Waals surface area contributed by atoms with E-state index >= 15 is 0 Å². The first-order chi connectivity index (χ1) is 15.6. The smallest absolute Gasteiger partial charge is 0.317 e. The molecule has 9 nitrogen and oxygen atoms in total. The van der Waals surface area contributed by atoms with Crippen LogP contribution in [0.15, 0.2) is 18.3 Å². The number of rotatable bonds is 6. The Morgan fingerprint density at radius 3 is 2.73 bits per heavy atom. The van der Waals surface area contributed by atoms with E-state index in [0.29, 0.717) is 44.2 Å². The van der Waals surface area contributed by atoms with E-state index in [1.54, 1.807) is 17.2 Å². The highest BCUT2D eigenvalue weighted by Crippen LogP contribution is 2.46. The molecular weight excluding hydrogens is 466 g/mol. The summed E-state index contributed by atoms with van der Waals surface area (Å²) in [5.41, 5.74) is 1.09. The van der Waals surface area contributed by atoms with E-state index in [-0.39, 0.29) is 17.7 Å². The maximum Gasteiger partial charge on any atom is 0.317 e. The minimum absolute atomic E-state index is 0.169. The number of piperidine rings is 1. The molecule has 1 aromatic carbocycles.